The van der Waals surface area contributed by atoms with Gasteiger partial charge in [-0.2, -0.15) is 0 Å². The molecule has 1 aliphatic carbocycles. The lowest BCUT2D eigenvalue weighted by Crippen LogP contribution is -2.38. The minimum atomic E-state index is -0.738. The summed E-state index contributed by atoms with van der Waals surface area (Å²) in [5.41, 5.74) is -0.294. The summed E-state index contributed by atoms with van der Waals surface area (Å²) in [6.07, 6.45) is 3.13. The molecule has 7 heteroatoms. The first-order valence-corrected chi connectivity index (χ1v) is 8.73. The van der Waals surface area contributed by atoms with Gasteiger partial charge in [0.05, 0.1) is 16.0 Å². The molecule has 0 atom stereocenters. The highest BCUT2D eigenvalue weighted by Gasteiger charge is 2.43. The maximum atomic E-state index is 14.0. The summed E-state index contributed by atoms with van der Waals surface area (Å²) in [7, 11) is 0. The van der Waals surface area contributed by atoms with Crippen molar-refractivity contribution in [3.8, 4) is 0 Å². The normalized spacial score (nSPS) is 15.8. The highest BCUT2D eigenvalue weighted by Crippen LogP contribution is 2.42. The van der Waals surface area contributed by atoms with E-state index in [4.69, 9.17) is 0 Å². The number of hydrogen-bond acceptors (Lipinski definition) is 3. The summed E-state index contributed by atoms with van der Waals surface area (Å²) in [6, 6.07) is 10.6. The van der Waals surface area contributed by atoms with Gasteiger partial charge in [-0.3, -0.25) is 14.9 Å². The van der Waals surface area contributed by atoms with Gasteiger partial charge in [-0.05, 0) is 36.6 Å². The Morgan fingerprint density at radius 1 is 1.16 bits per heavy atom. The van der Waals surface area contributed by atoms with Crippen LogP contribution in [0.25, 0.3) is 0 Å². The number of anilines is 1. The average molecular weight is 407 g/mol. The third kappa shape index (κ3) is 3.42. The molecular weight excluding hydrogens is 391 g/mol. The quantitative estimate of drug-likeness (QED) is 0.576. The van der Waals surface area contributed by atoms with Crippen LogP contribution < -0.4 is 5.32 Å². The average Bonchev–Trinajstić information content (AvgIpc) is 3.08. The molecule has 25 heavy (non-hydrogen) atoms. The number of hydrogen-bond donors (Lipinski definition) is 1. The molecule has 0 spiro atoms. The number of rotatable bonds is 4. The Kier molecular flexibility index (Phi) is 4.85. The molecule has 130 valence electrons. The molecule has 1 amide bonds. The van der Waals surface area contributed by atoms with E-state index in [1.54, 1.807) is 0 Å². The molecule has 0 heterocycles. The fraction of sp³-hybridized carbons (Fsp3) is 0.278. The van der Waals surface area contributed by atoms with Gasteiger partial charge in [-0.25, -0.2) is 4.39 Å². The van der Waals surface area contributed by atoms with Crippen LogP contribution in [0.3, 0.4) is 0 Å². The molecule has 1 fully saturated rings. The molecule has 0 unspecified atom stereocenters. The summed E-state index contributed by atoms with van der Waals surface area (Å²) in [5, 5.41) is 13.5. The van der Waals surface area contributed by atoms with Gasteiger partial charge in [-0.15, -0.1) is 0 Å². The number of nitrogens with zero attached hydrogens (tertiary/aromatic N) is 1. The molecule has 0 aromatic heterocycles. The number of benzene rings is 2. The summed E-state index contributed by atoms with van der Waals surface area (Å²) in [5.74, 6) is -1.02. The number of amides is 1. The van der Waals surface area contributed by atoms with E-state index >= 15 is 0 Å². The maximum absolute atomic E-state index is 14.0. The third-order valence-electron chi connectivity index (χ3n) is 4.70. The number of carbonyl (C=O) groups excluding carboxylic acids is 1. The summed E-state index contributed by atoms with van der Waals surface area (Å²) < 4.78 is 14.9. The Morgan fingerprint density at radius 3 is 2.40 bits per heavy atom. The van der Waals surface area contributed by atoms with E-state index in [1.807, 2.05) is 24.3 Å². The van der Waals surface area contributed by atoms with Crippen molar-refractivity contribution in [1.82, 2.24) is 0 Å². The van der Waals surface area contributed by atoms with Gasteiger partial charge in [0.2, 0.25) is 5.91 Å². The number of nitro benzene ring substituents is 1. The van der Waals surface area contributed by atoms with E-state index < -0.39 is 16.2 Å². The first-order chi connectivity index (χ1) is 11.9. The zero-order chi connectivity index (χ0) is 18.0. The van der Waals surface area contributed by atoms with Crippen molar-refractivity contribution in [2.75, 3.05) is 5.32 Å². The third-order valence-corrected chi connectivity index (χ3v) is 5.23. The monoisotopic (exact) mass is 406 g/mol. The molecule has 1 aliphatic rings. The predicted octanol–water partition coefficient (Wildman–Crippen LogP) is 4.95. The minimum Gasteiger partial charge on any atom is -0.323 e. The molecule has 2 aromatic rings. The van der Waals surface area contributed by atoms with E-state index in [0.29, 0.717) is 12.8 Å². The van der Waals surface area contributed by atoms with Crippen molar-refractivity contribution in [3.05, 3.63) is 68.4 Å². The van der Waals surface area contributed by atoms with Gasteiger partial charge in [0.1, 0.15) is 5.82 Å². The Balaban J connectivity index is 1.94. The highest BCUT2D eigenvalue weighted by atomic mass is 79.9. The van der Waals surface area contributed by atoms with Crippen LogP contribution in [0.5, 0.6) is 0 Å². The number of nitrogens with one attached hydrogen (secondary N) is 1. The lowest BCUT2D eigenvalue weighted by atomic mass is 9.78. The molecule has 0 aliphatic heterocycles. The smallest absolute Gasteiger partial charge is 0.271 e. The molecule has 2 aromatic carbocycles. The second-order valence-electron chi connectivity index (χ2n) is 6.17. The minimum absolute atomic E-state index is 0.164. The van der Waals surface area contributed by atoms with Crippen LogP contribution in [0.4, 0.5) is 15.8 Å². The molecule has 5 nitrogen and oxygen atoms in total. The zero-order valence-electron chi connectivity index (χ0n) is 13.3. The van der Waals surface area contributed by atoms with E-state index in [0.717, 1.165) is 41.1 Å². The zero-order valence-corrected chi connectivity index (χ0v) is 14.9. The van der Waals surface area contributed by atoms with E-state index in [2.05, 4.69) is 21.2 Å². The largest absolute Gasteiger partial charge is 0.323 e. The Labute approximate surface area is 152 Å². The van der Waals surface area contributed by atoms with Crippen LogP contribution in [0, 0.1) is 15.9 Å². The lowest BCUT2D eigenvalue weighted by Gasteiger charge is -2.28. The number of halogens is 2. The Bertz CT molecular complexity index is 818. The predicted molar refractivity (Wildman–Crippen MR) is 96.0 cm³/mol. The van der Waals surface area contributed by atoms with Crippen molar-refractivity contribution in [3.63, 3.8) is 0 Å². The molecule has 0 radical (unpaired) electrons. The molecule has 1 N–H and O–H groups in total. The number of carbonyl (C=O) groups is 1. The fourth-order valence-electron chi connectivity index (χ4n) is 3.36. The van der Waals surface area contributed by atoms with Crippen LogP contribution in [0.15, 0.2) is 46.9 Å². The van der Waals surface area contributed by atoms with E-state index in [9.17, 15) is 19.3 Å². The first-order valence-electron chi connectivity index (χ1n) is 7.94. The van der Waals surface area contributed by atoms with Crippen molar-refractivity contribution < 1.29 is 14.1 Å². The highest BCUT2D eigenvalue weighted by molar-refractivity contribution is 9.10. The summed E-state index contributed by atoms with van der Waals surface area (Å²) in [4.78, 5) is 23.3. The van der Waals surface area contributed by atoms with Crippen molar-refractivity contribution in [2.45, 2.75) is 31.1 Å². The molecule has 0 bridgehead atoms. The van der Waals surface area contributed by atoms with Gasteiger partial charge >= 0.3 is 0 Å². The number of nitro groups is 1. The summed E-state index contributed by atoms with van der Waals surface area (Å²) >= 11 is 3.38. The molecule has 1 saturated carbocycles. The van der Waals surface area contributed by atoms with Gasteiger partial charge < -0.3 is 5.32 Å². The fourth-order valence-corrected chi connectivity index (χ4v) is 3.62. The van der Waals surface area contributed by atoms with Crippen LogP contribution in [-0.4, -0.2) is 10.8 Å². The van der Waals surface area contributed by atoms with Crippen LogP contribution in [0.1, 0.15) is 31.2 Å². The van der Waals surface area contributed by atoms with Crippen molar-refractivity contribution in [2.24, 2.45) is 0 Å². The van der Waals surface area contributed by atoms with Gasteiger partial charge in [0, 0.05) is 16.6 Å². The Morgan fingerprint density at radius 2 is 1.80 bits per heavy atom. The van der Waals surface area contributed by atoms with Crippen molar-refractivity contribution >= 4 is 33.2 Å². The van der Waals surface area contributed by atoms with Crippen molar-refractivity contribution in [1.29, 1.82) is 0 Å². The van der Waals surface area contributed by atoms with Crippen LogP contribution >= 0.6 is 15.9 Å². The van der Waals surface area contributed by atoms with E-state index in [-0.39, 0.29) is 17.3 Å². The topological polar surface area (TPSA) is 72.2 Å². The number of non-ortho nitro benzene ring substituents is 1. The molecule has 0 saturated heterocycles. The van der Waals surface area contributed by atoms with Gasteiger partial charge in [0.25, 0.3) is 5.69 Å². The second kappa shape index (κ2) is 6.92. The SMILES string of the molecule is O=C(Nc1cc([N+](=O)[O-])ccc1F)C1(c2ccc(Br)cc2)CCCC1. The lowest BCUT2D eigenvalue weighted by molar-refractivity contribution is -0.384. The van der Waals surface area contributed by atoms with Crippen LogP contribution in [0.2, 0.25) is 0 Å². The van der Waals surface area contributed by atoms with E-state index in [1.165, 1.54) is 0 Å². The molecular formula is C18H16BrFN2O3. The summed E-state index contributed by atoms with van der Waals surface area (Å²) in [6.45, 7) is 0. The second-order valence-corrected chi connectivity index (χ2v) is 7.09. The van der Waals surface area contributed by atoms with Gasteiger partial charge in [0.15, 0.2) is 0 Å². The molecule has 3 rings (SSSR count). The maximum Gasteiger partial charge on any atom is 0.271 e. The van der Waals surface area contributed by atoms with Crippen LogP contribution in [-0.2, 0) is 10.2 Å². The van der Waals surface area contributed by atoms with Gasteiger partial charge in [-0.1, -0.05) is 40.9 Å². The Hall–Kier alpha value is -2.28. The first kappa shape index (κ1) is 17.5. The standard InChI is InChI=1S/C18H16BrFN2O3/c19-13-5-3-12(4-6-13)18(9-1-2-10-18)17(23)21-16-11-14(22(24)25)7-8-15(16)20/h3-8,11H,1-2,9-10H2,(H,21,23).